The number of ether oxygens (including phenoxy) is 1. The monoisotopic (exact) mass is 292 g/mol. The van der Waals surface area contributed by atoms with Crippen LogP contribution in [-0.4, -0.2) is 47.3 Å². The normalized spacial score (nSPS) is 17.7. The van der Waals surface area contributed by atoms with E-state index < -0.39 is 11.6 Å². The highest BCUT2D eigenvalue weighted by Crippen LogP contribution is 2.25. The van der Waals surface area contributed by atoms with Gasteiger partial charge in [-0.3, -0.25) is 0 Å². The maximum Gasteiger partial charge on any atom is 0.329 e. The van der Waals surface area contributed by atoms with Crippen molar-refractivity contribution in [3.63, 3.8) is 0 Å². The van der Waals surface area contributed by atoms with Gasteiger partial charge in [0.25, 0.3) is 0 Å². The molecule has 0 aromatic heterocycles. The molecule has 2 amide bonds. The Morgan fingerprint density at radius 1 is 1.38 bits per heavy atom. The van der Waals surface area contributed by atoms with Crippen molar-refractivity contribution in [2.24, 2.45) is 0 Å². The third-order valence-corrected chi connectivity index (χ3v) is 3.52. The van der Waals surface area contributed by atoms with Gasteiger partial charge in [0.05, 0.1) is 19.1 Å². The Kier molecular flexibility index (Phi) is 4.47. The molecule has 0 radical (unpaired) electrons. The number of benzene rings is 1. The fraction of sp³-hybridized carbons (Fsp3) is 0.467. The minimum absolute atomic E-state index is 0.0782. The number of urea groups is 1. The Morgan fingerprint density at radius 3 is 2.57 bits per heavy atom. The second-order valence-electron chi connectivity index (χ2n) is 5.57. The van der Waals surface area contributed by atoms with Crippen molar-refractivity contribution in [1.29, 1.82) is 0 Å². The number of nitrogens with one attached hydrogen (secondary N) is 1. The number of aliphatic carboxylic acids is 1. The highest BCUT2D eigenvalue weighted by molar-refractivity contribution is 5.76. The average Bonchev–Trinajstić information content (AvgIpc) is 2.43. The highest BCUT2D eigenvalue weighted by Gasteiger charge is 2.43. The summed E-state index contributed by atoms with van der Waals surface area (Å²) >= 11 is 0. The molecule has 1 aliphatic heterocycles. The first-order chi connectivity index (χ1) is 9.89. The van der Waals surface area contributed by atoms with Gasteiger partial charge in [0.15, 0.2) is 0 Å². The fourth-order valence-electron chi connectivity index (χ4n) is 2.33. The Morgan fingerprint density at radius 2 is 2.00 bits per heavy atom. The van der Waals surface area contributed by atoms with Crippen LogP contribution in [0.2, 0.25) is 0 Å². The van der Waals surface area contributed by atoms with Crippen molar-refractivity contribution in [2.45, 2.75) is 25.5 Å². The number of rotatable bonds is 5. The van der Waals surface area contributed by atoms with Crippen molar-refractivity contribution < 1.29 is 19.4 Å². The summed E-state index contributed by atoms with van der Waals surface area (Å²) in [5.74, 6) is -1.00. The zero-order valence-electron chi connectivity index (χ0n) is 12.2. The molecule has 0 aliphatic carbocycles. The molecule has 6 nitrogen and oxygen atoms in total. The van der Waals surface area contributed by atoms with E-state index in [9.17, 15) is 9.59 Å². The molecule has 0 saturated carbocycles. The summed E-state index contributed by atoms with van der Waals surface area (Å²) in [6.07, 6.45) is 0. The average molecular weight is 292 g/mol. The number of carbonyl (C=O) groups is 2. The molecular formula is C15H20N2O4. The van der Waals surface area contributed by atoms with Crippen LogP contribution < -0.4 is 5.32 Å². The number of carbonyl (C=O) groups excluding carboxylic acids is 1. The van der Waals surface area contributed by atoms with E-state index in [4.69, 9.17) is 9.84 Å². The van der Waals surface area contributed by atoms with E-state index in [-0.39, 0.29) is 18.7 Å². The summed E-state index contributed by atoms with van der Waals surface area (Å²) in [6.45, 7) is 4.18. The number of carboxylic acids is 1. The third-order valence-electron chi connectivity index (χ3n) is 3.52. The predicted octanol–water partition coefficient (Wildman–Crippen LogP) is 1.63. The lowest BCUT2D eigenvalue weighted by Gasteiger charge is -2.47. The lowest BCUT2D eigenvalue weighted by molar-refractivity contribution is -0.159. The van der Waals surface area contributed by atoms with Crippen molar-refractivity contribution in [3.05, 3.63) is 35.9 Å². The zero-order chi connectivity index (χ0) is 15.5. The van der Waals surface area contributed by atoms with Gasteiger partial charge in [-0.25, -0.2) is 9.59 Å². The molecular weight excluding hydrogens is 272 g/mol. The Labute approximate surface area is 123 Å². The molecule has 2 rings (SSSR count). The van der Waals surface area contributed by atoms with Gasteiger partial charge < -0.3 is 20.1 Å². The van der Waals surface area contributed by atoms with Crippen LogP contribution in [0.3, 0.4) is 0 Å². The van der Waals surface area contributed by atoms with E-state index in [0.29, 0.717) is 13.1 Å². The number of amides is 2. The van der Waals surface area contributed by atoms with Crippen LogP contribution in [0.25, 0.3) is 0 Å². The topological polar surface area (TPSA) is 78.9 Å². The number of likely N-dealkylation sites (tertiary alicyclic amines) is 1. The van der Waals surface area contributed by atoms with E-state index in [1.807, 2.05) is 37.3 Å². The van der Waals surface area contributed by atoms with Gasteiger partial charge in [-0.2, -0.15) is 0 Å². The standard InChI is InChI=1S/C15H20N2O4/c1-11(12-6-4-3-5-7-12)16-14(20)17-9-15(2,10-17)21-8-13(18)19/h3-7,11H,8-10H2,1-2H3,(H,16,20)(H,18,19). The van der Waals surface area contributed by atoms with Gasteiger partial charge in [-0.05, 0) is 19.4 Å². The van der Waals surface area contributed by atoms with Crippen LogP contribution in [0.5, 0.6) is 0 Å². The minimum Gasteiger partial charge on any atom is -0.480 e. The summed E-state index contributed by atoms with van der Waals surface area (Å²) in [5.41, 5.74) is 0.474. The molecule has 1 fully saturated rings. The molecule has 1 aromatic rings. The number of hydrogen-bond donors (Lipinski definition) is 2. The van der Waals surface area contributed by atoms with Crippen molar-refractivity contribution in [1.82, 2.24) is 10.2 Å². The quantitative estimate of drug-likeness (QED) is 0.864. The molecule has 1 saturated heterocycles. The first-order valence-corrected chi connectivity index (χ1v) is 6.86. The molecule has 1 aromatic carbocycles. The summed E-state index contributed by atoms with van der Waals surface area (Å²) in [7, 11) is 0. The minimum atomic E-state index is -1.00. The lowest BCUT2D eigenvalue weighted by Crippen LogP contribution is -2.65. The SMILES string of the molecule is CC(NC(=O)N1CC(C)(OCC(=O)O)C1)c1ccccc1. The van der Waals surface area contributed by atoms with Gasteiger partial charge in [0.2, 0.25) is 0 Å². The first kappa shape index (κ1) is 15.3. The molecule has 21 heavy (non-hydrogen) atoms. The Hall–Kier alpha value is -2.08. The molecule has 0 bridgehead atoms. The van der Waals surface area contributed by atoms with Crippen LogP contribution in [0, 0.1) is 0 Å². The van der Waals surface area contributed by atoms with Crippen LogP contribution in [0.4, 0.5) is 4.79 Å². The molecule has 2 N–H and O–H groups in total. The van der Waals surface area contributed by atoms with Gasteiger partial charge in [-0.15, -0.1) is 0 Å². The van der Waals surface area contributed by atoms with Gasteiger partial charge in [0.1, 0.15) is 12.2 Å². The van der Waals surface area contributed by atoms with E-state index >= 15 is 0 Å². The van der Waals surface area contributed by atoms with Crippen LogP contribution >= 0.6 is 0 Å². The highest BCUT2D eigenvalue weighted by atomic mass is 16.5. The Balaban J connectivity index is 1.80. The molecule has 1 aliphatic rings. The van der Waals surface area contributed by atoms with Crippen molar-refractivity contribution >= 4 is 12.0 Å². The molecule has 0 spiro atoms. The third kappa shape index (κ3) is 3.95. The summed E-state index contributed by atoms with van der Waals surface area (Å²) < 4.78 is 5.28. The molecule has 1 unspecified atom stereocenters. The van der Waals surface area contributed by atoms with Crippen LogP contribution in [0.15, 0.2) is 30.3 Å². The number of carboxylic acid groups (broad SMARTS) is 1. The zero-order valence-corrected chi connectivity index (χ0v) is 12.2. The molecule has 6 heteroatoms. The van der Waals surface area contributed by atoms with Crippen molar-refractivity contribution in [2.75, 3.05) is 19.7 Å². The number of nitrogens with zero attached hydrogens (tertiary/aromatic N) is 1. The summed E-state index contributed by atoms with van der Waals surface area (Å²) in [4.78, 5) is 24.2. The van der Waals surface area contributed by atoms with Crippen molar-refractivity contribution in [3.8, 4) is 0 Å². The van der Waals surface area contributed by atoms with E-state index in [1.165, 1.54) is 0 Å². The maximum absolute atomic E-state index is 12.1. The molecule has 1 atom stereocenters. The molecule has 1 heterocycles. The largest absolute Gasteiger partial charge is 0.480 e. The summed E-state index contributed by atoms with van der Waals surface area (Å²) in [5, 5.41) is 11.5. The van der Waals surface area contributed by atoms with E-state index in [2.05, 4.69) is 5.32 Å². The van der Waals surface area contributed by atoms with Gasteiger partial charge in [0, 0.05) is 0 Å². The van der Waals surface area contributed by atoms with Crippen LogP contribution in [-0.2, 0) is 9.53 Å². The second-order valence-corrected chi connectivity index (χ2v) is 5.57. The van der Waals surface area contributed by atoms with E-state index in [1.54, 1.807) is 11.8 Å². The number of hydrogen-bond acceptors (Lipinski definition) is 3. The smallest absolute Gasteiger partial charge is 0.329 e. The predicted molar refractivity (Wildman–Crippen MR) is 77.0 cm³/mol. The summed E-state index contributed by atoms with van der Waals surface area (Å²) in [6, 6.07) is 9.46. The first-order valence-electron chi connectivity index (χ1n) is 6.86. The van der Waals surface area contributed by atoms with Crippen LogP contribution in [0.1, 0.15) is 25.5 Å². The van der Waals surface area contributed by atoms with Gasteiger partial charge in [-0.1, -0.05) is 30.3 Å². The fourth-order valence-corrected chi connectivity index (χ4v) is 2.33. The van der Waals surface area contributed by atoms with E-state index in [0.717, 1.165) is 5.56 Å². The molecule has 114 valence electrons. The van der Waals surface area contributed by atoms with Gasteiger partial charge >= 0.3 is 12.0 Å². The second kappa shape index (κ2) is 6.13. The maximum atomic E-state index is 12.1. The lowest BCUT2D eigenvalue weighted by atomic mass is 9.97. The Bertz CT molecular complexity index is 512.